The van der Waals surface area contributed by atoms with Gasteiger partial charge >= 0.3 is 0 Å². The Morgan fingerprint density at radius 1 is 1.11 bits per heavy atom. The number of nitrogens with one attached hydrogen (secondary N) is 2. The predicted molar refractivity (Wildman–Crippen MR) is 109 cm³/mol. The second-order valence-electron chi connectivity index (χ2n) is 6.88. The first-order valence-corrected chi connectivity index (χ1v) is 9.31. The fourth-order valence-electron chi connectivity index (χ4n) is 3.56. The van der Waals surface area contributed by atoms with Crippen LogP contribution in [0, 0.1) is 5.82 Å². The van der Waals surface area contributed by atoms with E-state index in [9.17, 15) is 5.11 Å². The van der Waals surface area contributed by atoms with E-state index in [0.29, 0.717) is 22.3 Å². The number of aromatic hydroxyl groups is 1. The number of phenols is 1. The smallest absolute Gasteiger partial charge is 0.158 e. The van der Waals surface area contributed by atoms with Crippen LogP contribution in [0.4, 0.5) is 10.2 Å². The van der Waals surface area contributed by atoms with Crippen molar-refractivity contribution in [1.29, 1.82) is 0 Å². The van der Waals surface area contributed by atoms with Crippen LogP contribution in [0.25, 0.3) is 32.8 Å². The van der Waals surface area contributed by atoms with Gasteiger partial charge < -0.3 is 15.7 Å². The van der Waals surface area contributed by atoms with Gasteiger partial charge in [-0.25, -0.2) is 14.4 Å². The molecular weight excluding hydrogens is 379 g/mol. The van der Waals surface area contributed by atoms with Crippen LogP contribution in [-0.2, 0) is 0 Å². The van der Waals surface area contributed by atoms with E-state index in [4.69, 9.17) is 11.6 Å². The van der Waals surface area contributed by atoms with Crippen molar-refractivity contribution in [2.75, 3.05) is 18.4 Å². The number of halogens is 2. The van der Waals surface area contributed by atoms with E-state index in [-0.39, 0.29) is 22.3 Å². The van der Waals surface area contributed by atoms with E-state index in [1.165, 1.54) is 6.33 Å². The largest absolute Gasteiger partial charge is 0.508 e. The second kappa shape index (κ2) is 6.58. The van der Waals surface area contributed by atoms with Gasteiger partial charge in [0.15, 0.2) is 5.82 Å². The first-order valence-electron chi connectivity index (χ1n) is 8.94. The number of hydrogen-bond acceptors (Lipinski definition) is 5. The van der Waals surface area contributed by atoms with Crippen LogP contribution in [0.15, 0.2) is 48.8 Å². The van der Waals surface area contributed by atoms with Crippen molar-refractivity contribution in [3.05, 3.63) is 59.6 Å². The van der Waals surface area contributed by atoms with Gasteiger partial charge in [-0.2, -0.15) is 0 Å². The Morgan fingerprint density at radius 2 is 1.96 bits per heavy atom. The summed E-state index contributed by atoms with van der Waals surface area (Å²) < 4.78 is 15.6. The van der Waals surface area contributed by atoms with Crippen LogP contribution >= 0.6 is 11.6 Å². The number of hydrogen-bond donors (Lipinski definition) is 3. The summed E-state index contributed by atoms with van der Waals surface area (Å²) in [5, 5.41) is 18.7. The molecule has 7 heteroatoms. The molecule has 0 atom stereocenters. The van der Waals surface area contributed by atoms with Crippen molar-refractivity contribution < 1.29 is 9.50 Å². The van der Waals surface area contributed by atoms with Gasteiger partial charge in [0.05, 0.1) is 11.1 Å². The normalized spacial score (nSPS) is 14.4. The van der Waals surface area contributed by atoms with E-state index in [1.807, 2.05) is 18.2 Å². The average Bonchev–Trinajstić information content (AvgIpc) is 2.65. The van der Waals surface area contributed by atoms with Crippen LogP contribution in [-0.4, -0.2) is 34.2 Å². The van der Waals surface area contributed by atoms with Crippen LogP contribution in [0.5, 0.6) is 5.75 Å². The maximum Gasteiger partial charge on any atom is 0.158 e. The fraction of sp³-hybridized carbons (Fsp3) is 0.143. The molecule has 0 saturated carbocycles. The van der Waals surface area contributed by atoms with Crippen LogP contribution in [0.1, 0.15) is 0 Å². The zero-order valence-corrected chi connectivity index (χ0v) is 15.5. The van der Waals surface area contributed by atoms with E-state index >= 15 is 4.39 Å². The zero-order chi connectivity index (χ0) is 19.3. The zero-order valence-electron chi connectivity index (χ0n) is 14.7. The van der Waals surface area contributed by atoms with Crippen molar-refractivity contribution in [2.45, 2.75) is 6.04 Å². The van der Waals surface area contributed by atoms with Crippen LogP contribution in [0.3, 0.4) is 0 Å². The van der Waals surface area contributed by atoms with E-state index in [1.54, 1.807) is 24.3 Å². The molecule has 1 aromatic heterocycles. The maximum absolute atomic E-state index is 15.6. The minimum atomic E-state index is -0.486. The summed E-state index contributed by atoms with van der Waals surface area (Å²) in [6.07, 6.45) is 1.36. The Balaban J connectivity index is 1.73. The van der Waals surface area contributed by atoms with Crippen LogP contribution < -0.4 is 10.6 Å². The molecule has 0 aliphatic carbocycles. The summed E-state index contributed by atoms with van der Waals surface area (Å²) in [4.78, 5) is 8.44. The molecule has 1 saturated heterocycles. The number of anilines is 1. The molecule has 0 spiro atoms. The number of phenolic OH excluding ortho intramolecular Hbond substituents is 1. The Hall–Kier alpha value is -2.96. The molecule has 0 unspecified atom stereocenters. The molecule has 3 N–H and O–H groups in total. The van der Waals surface area contributed by atoms with E-state index in [0.717, 1.165) is 23.9 Å². The van der Waals surface area contributed by atoms with Gasteiger partial charge in [0.2, 0.25) is 0 Å². The van der Waals surface area contributed by atoms with Gasteiger partial charge in [0, 0.05) is 24.0 Å². The van der Waals surface area contributed by atoms with Crippen molar-refractivity contribution in [3.63, 3.8) is 0 Å². The van der Waals surface area contributed by atoms with Crippen LogP contribution in [0.2, 0.25) is 5.02 Å². The minimum Gasteiger partial charge on any atom is -0.508 e. The lowest BCUT2D eigenvalue weighted by molar-refractivity contribution is 0.471. The van der Waals surface area contributed by atoms with Gasteiger partial charge in [0.25, 0.3) is 0 Å². The summed E-state index contributed by atoms with van der Waals surface area (Å²) >= 11 is 6.55. The number of rotatable bonds is 3. The molecule has 5 nitrogen and oxygen atoms in total. The molecule has 0 bridgehead atoms. The third kappa shape index (κ3) is 2.73. The van der Waals surface area contributed by atoms with Gasteiger partial charge in [-0.1, -0.05) is 35.9 Å². The molecule has 3 aromatic carbocycles. The van der Waals surface area contributed by atoms with Crippen molar-refractivity contribution in [2.24, 2.45) is 0 Å². The van der Waals surface area contributed by atoms with Gasteiger partial charge in [0.1, 0.15) is 23.4 Å². The van der Waals surface area contributed by atoms with Gasteiger partial charge in [-0.05, 0) is 34.5 Å². The summed E-state index contributed by atoms with van der Waals surface area (Å²) in [7, 11) is 0. The molecule has 1 aliphatic heterocycles. The predicted octanol–water partition coefficient (Wildman–Crippen LogP) is 4.33. The molecule has 140 valence electrons. The standard InChI is InChI=1S/C21H16ClFN4O/c22-17-7-16-20(25-10-26-21(16)27-12-8-24-9-12)19(23)18(17)15-3-1-2-11-6-13(28)4-5-14(11)15/h1-7,10,12,24,28H,8-9H2,(H,25,26,27). The summed E-state index contributed by atoms with van der Waals surface area (Å²) in [6, 6.07) is 12.4. The maximum atomic E-state index is 15.6. The second-order valence-corrected chi connectivity index (χ2v) is 7.28. The number of fused-ring (bicyclic) bond motifs is 2. The van der Waals surface area contributed by atoms with Crippen molar-refractivity contribution in [1.82, 2.24) is 15.3 Å². The molecule has 0 amide bonds. The highest BCUT2D eigenvalue weighted by atomic mass is 35.5. The highest BCUT2D eigenvalue weighted by molar-refractivity contribution is 6.35. The third-order valence-corrected chi connectivity index (χ3v) is 5.37. The summed E-state index contributed by atoms with van der Waals surface area (Å²) in [5.74, 6) is 0.246. The molecule has 2 heterocycles. The quantitative estimate of drug-likeness (QED) is 0.482. The average molecular weight is 395 g/mol. The molecule has 5 rings (SSSR count). The Bertz CT molecular complexity index is 1230. The highest BCUT2D eigenvalue weighted by Gasteiger charge is 2.22. The minimum absolute atomic E-state index is 0.156. The Labute approximate surface area is 165 Å². The van der Waals surface area contributed by atoms with Gasteiger partial charge in [-0.15, -0.1) is 0 Å². The Morgan fingerprint density at radius 3 is 2.75 bits per heavy atom. The molecule has 28 heavy (non-hydrogen) atoms. The third-order valence-electron chi connectivity index (χ3n) is 5.08. The molecule has 1 fully saturated rings. The molecule has 1 aliphatic rings. The number of benzene rings is 3. The first kappa shape index (κ1) is 17.2. The summed E-state index contributed by atoms with van der Waals surface area (Å²) in [6.45, 7) is 1.67. The lowest BCUT2D eigenvalue weighted by Crippen LogP contribution is -2.51. The number of aromatic nitrogens is 2. The SMILES string of the molecule is Oc1ccc2c(-c3c(Cl)cc4c(NC5CNC5)ncnc4c3F)cccc2c1. The fourth-order valence-corrected chi connectivity index (χ4v) is 3.86. The molecular formula is C21H16ClFN4O. The number of nitrogens with zero attached hydrogens (tertiary/aromatic N) is 2. The van der Waals surface area contributed by atoms with E-state index < -0.39 is 5.82 Å². The molecule has 4 aromatic rings. The lowest BCUT2D eigenvalue weighted by atomic mass is 9.96. The topological polar surface area (TPSA) is 70.1 Å². The Kier molecular flexibility index (Phi) is 4.03. The molecule has 0 radical (unpaired) electrons. The highest BCUT2D eigenvalue weighted by Crippen LogP contribution is 2.40. The lowest BCUT2D eigenvalue weighted by Gasteiger charge is -2.28. The van der Waals surface area contributed by atoms with Crippen molar-refractivity contribution in [3.8, 4) is 16.9 Å². The summed E-state index contributed by atoms with van der Waals surface area (Å²) in [5.41, 5.74) is 1.17. The monoisotopic (exact) mass is 394 g/mol. The van der Waals surface area contributed by atoms with E-state index in [2.05, 4.69) is 20.6 Å². The van der Waals surface area contributed by atoms with Gasteiger partial charge in [-0.3, -0.25) is 0 Å². The first-order chi connectivity index (χ1) is 13.6. The van der Waals surface area contributed by atoms with Crippen molar-refractivity contribution >= 4 is 39.1 Å².